The molecule has 6 nitrogen and oxygen atoms in total. The summed E-state index contributed by atoms with van der Waals surface area (Å²) in [5, 5.41) is 20.4. The summed E-state index contributed by atoms with van der Waals surface area (Å²) in [6.07, 6.45) is 2.11. The second-order valence-electron chi connectivity index (χ2n) is 4.22. The van der Waals surface area contributed by atoms with Crippen molar-refractivity contribution in [3.63, 3.8) is 0 Å². The number of carbonyl (C=O) groups excluding carboxylic acids is 1. The normalized spacial score (nSPS) is 11.9. The Hall–Kier alpha value is -1.30. The van der Waals surface area contributed by atoms with E-state index in [1.54, 1.807) is 0 Å². The Morgan fingerprint density at radius 2 is 1.89 bits per heavy atom. The van der Waals surface area contributed by atoms with Crippen LogP contribution < -0.4 is 5.32 Å². The van der Waals surface area contributed by atoms with E-state index in [0.29, 0.717) is 13.0 Å². The summed E-state index contributed by atoms with van der Waals surface area (Å²) >= 11 is 0. The summed E-state index contributed by atoms with van der Waals surface area (Å²) in [4.78, 5) is 24.2. The maximum atomic E-state index is 11.8. The van der Waals surface area contributed by atoms with Crippen molar-refractivity contribution in [1.82, 2.24) is 10.2 Å². The molecule has 2 amide bonds. The van der Waals surface area contributed by atoms with Gasteiger partial charge in [-0.05, 0) is 12.8 Å². The van der Waals surface area contributed by atoms with Crippen molar-refractivity contribution in [1.29, 1.82) is 0 Å². The largest absolute Gasteiger partial charge is 0.481 e. The molecule has 0 saturated carbocycles. The Balaban J connectivity index is 4.22. The Morgan fingerprint density at radius 1 is 1.22 bits per heavy atom. The van der Waals surface area contributed by atoms with Crippen LogP contribution in [0.4, 0.5) is 4.79 Å². The molecule has 1 atom stereocenters. The van der Waals surface area contributed by atoms with Crippen LogP contribution in [-0.4, -0.2) is 53.4 Å². The molecule has 0 aromatic rings. The predicted octanol–water partition coefficient (Wildman–Crippen LogP) is 0.901. The molecular formula is C12H24N2O4. The van der Waals surface area contributed by atoms with Crippen molar-refractivity contribution in [3.8, 4) is 0 Å². The zero-order valence-electron chi connectivity index (χ0n) is 11.2. The molecule has 0 aromatic heterocycles. The van der Waals surface area contributed by atoms with Gasteiger partial charge in [-0.3, -0.25) is 4.79 Å². The van der Waals surface area contributed by atoms with Gasteiger partial charge in [-0.1, -0.05) is 20.3 Å². The number of aliphatic hydroxyl groups excluding tert-OH is 1. The van der Waals surface area contributed by atoms with E-state index in [1.165, 1.54) is 4.90 Å². The average Bonchev–Trinajstić information content (AvgIpc) is 2.33. The van der Waals surface area contributed by atoms with Gasteiger partial charge in [0.2, 0.25) is 0 Å². The number of aliphatic carboxylic acids is 1. The van der Waals surface area contributed by atoms with Crippen LogP contribution in [0.5, 0.6) is 0 Å². The molecular weight excluding hydrogens is 236 g/mol. The molecule has 0 fully saturated rings. The van der Waals surface area contributed by atoms with Crippen molar-refractivity contribution in [3.05, 3.63) is 0 Å². The SMILES string of the molecule is CCCC(CNC(=O)N(CCC)CCO)C(=O)O. The van der Waals surface area contributed by atoms with E-state index in [4.69, 9.17) is 10.2 Å². The summed E-state index contributed by atoms with van der Waals surface area (Å²) in [6, 6.07) is -0.312. The van der Waals surface area contributed by atoms with Crippen molar-refractivity contribution in [2.75, 3.05) is 26.2 Å². The number of rotatable bonds is 9. The highest BCUT2D eigenvalue weighted by Gasteiger charge is 2.19. The first-order chi connectivity index (χ1) is 8.56. The van der Waals surface area contributed by atoms with Crippen molar-refractivity contribution >= 4 is 12.0 Å². The highest BCUT2D eigenvalue weighted by Crippen LogP contribution is 2.05. The molecule has 0 saturated heterocycles. The van der Waals surface area contributed by atoms with Crippen LogP contribution in [0.15, 0.2) is 0 Å². The number of aliphatic hydroxyl groups is 1. The second-order valence-corrected chi connectivity index (χ2v) is 4.22. The first-order valence-corrected chi connectivity index (χ1v) is 6.43. The second kappa shape index (κ2) is 9.70. The average molecular weight is 260 g/mol. The van der Waals surface area contributed by atoms with Crippen LogP contribution in [0.25, 0.3) is 0 Å². The van der Waals surface area contributed by atoms with Crippen LogP contribution in [0.2, 0.25) is 0 Å². The molecule has 6 heteroatoms. The number of amides is 2. The number of carbonyl (C=O) groups is 2. The molecule has 0 aliphatic carbocycles. The van der Waals surface area contributed by atoms with Gasteiger partial charge in [0.25, 0.3) is 0 Å². The third kappa shape index (κ3) is 6.44. The van der Waals surface area contributed by atoms with Gasteiger partial charge in [-0.25, -0.2) is 4.79 Å². The number of hydrogen-bond donors (Lipinski definition) is 3. The Labute approximate surface area is 108 Å². The molecule has 1 unspecified atom stereocenters. The minimum atomic E-state index is -0.888. The third-order valence-electron chi connectivity index (χ3n) is 2.64. The number of hydrogen-bond acceptors (Lipinski definition) is 3. The zero-order valence-corrected chi connectivity index (χ0v) is 11.2. The van der Waals surface area contributed by atoms with Crippen LogP contribution in [0.3, 0.4) is 0 Å². The molecule has 106 valence electrons. The lowest BCUT2D eigenvalue weighted by Gasteiger charge is -2.22. The van der Waals surface area contributed by atoms with Crippen LogP contribution >= 0.6 is 0 Å². The zero-order chi connectivity index (χ0) is 14.0. The lowest BCUT2D eigenvalue weighted by Crippen LogP contribution is -2.44. The van der Waals surface area contributed by atoms with E-state index in [-0.39, 0.29) is 25.7 Å². The summed E-state index contributed by atoms with van der Waals surface area (Å²) in [5.41, 5.74) is 0. The van der Waals surface area contributed by atoms with Crippen LogP contribution in [0.1, 0.15) is 33.1 Å². The maximum Gasteiger partial charge on any atom is 0.317 e. The quantitative estimate of drug-likeness (QED) is 0.574. The van der Waals surface area contributed by atoms with Gasteiger partial charge < -0.3 is 20.4 Å². The minimum Gasteiger partial charge on any atom is -0.481 e. The standard InChI is InChI=1S/C12H24N2O4/c1-3-5-10(11(16)17)9-13-12(18)14(6-4-2)7-8-15/h10,15H,3-9H2,1-2H3,(H,13,18)(H,16,17). The Kier molecular flexibility index (Phi) is 9.00. The maximum absolute atomic E-state index is 11.8. The van der Waals surface area contributed by atoms with Gasteiger partial charge >= 0.3 is 12.0 Å². The van der Waals surface area contributed by atoms with E-state index in [9.17, 15) is 9.59 Å². The summed E-state index contributed by atoms with van der Waals surface area (Å²) < 4.78 is 0. The highest BCUT2D eigenvalue weighted by molar-refractivity contribution is 5.76. The molecule has 3 N–H and O–H groups in total. The first kappa shape index (κ1) is 16.7. The number of nitrogens with zero attached hydrogens (tertiary/aromatic N) is 1. The number of carboxylic acids is 1. The lowest BCUT2D eigenvalue weighted by molar-refractivity contribution is -0.141. The van der Waals surface area contributed by atoms with Crippen molar-refractivity contribution < 1.29 is 19.8 Å². The monoisotopic (exact) mass is 260 g/mol. The van der Waals surface area contributed by atoms with E-state index in [0.717, 1.165) is 12.8 Å². The van der Waals surface area contributed by atoms with Gasteiger partial charge in [-0.2, -0.15) is 0 Å². The molecule has 0 aromatic carbocycles. The predicted molar refractivity (Wildman–Crippen MR) is 68.4 cm³/mol. The van der Waals surface area contributed by atoms with Gasteiger partial charge in [0, 0.05) is 19.6 Å². The summed E-state index contributed by atoms with van der Waals surface area (Å²) in [7, 11) is 0. The van der Waals surface area contributed by atoms with Crippen LogP contribution in [-0.2, 0) is 4.79 Å². The molecule has 0 rings (SSSR count). The fourth-order valence-electron chi connectivity index (χ4n) is 1.69. The minimum absolute atomic E-state index is 0.0925. The number of carboxylic acid groups (broad SMARTS) is 1. The summed E-state index contributed by atoms with van der Waals surface area (Å²) in [6.45, 7) is 4.71. The molecule has 0 bridgehead atoms. The Morgan fingerprint density at radius 3 is 2.33 bits per heavy atom. The lowest BCUT2D eigenvalue weighted by atomic mass is 10.0. The Bertz CT molecular complexity index is 252. The number of urea groups is 1. The van der Waals surface area contributed by atoms with Crippen molar-refractivity contribution in [2.24, 2.45) is 5.92 Å². The van der Waals surface area contributed by atoms with E-state index < -0.39 is 11.9 Å². The third-order valence-corrected chi connectivity index (χ3v) is 2.64. The van der Waals surface area contributed by atoms with Crippen LogP contribution in [0, 0.1) is 5.92 Å². The molecule has 18 heavy (non-hydrogen) atoms. The number of nitrogens with one attached hydrogen (secondary N) is 1. The molecule has 0 aliphatic heterocycles. The molecule has 0 spiro atoms. The molecule has 0 aliphatic rings. The summed E-state index contributed by atoms with van der Waals surface area (Å²) in [5.74, 6) is -1.43. The molecule has 0 heterocycles. The van der Waals surface area contributed by atoms with Gasteiger partial charge in [0.05, 0.1) is 12.5 Å². The van der Waals surface area contributed by atoms with E-state index in [2.05, 4.69) is 5.32 Å². The van der Waals surface area contributed by atoms with Gasteiger partial charge in [0.1, 0.15) is 0 Å². The fourth-order valence-corrected chi connectivity index (χ4v) is 1.69. The van der Waals surface area contributed by atoms with Crippen molar-refractivity contribution in [2.45, 2.75) is 33.1 Å². The molecule has 0 radical (unpaired) electrons. The van der Waals surface area contributed by atoms with Gasteiger partial charge in [-0.15, -0.1) is 0 Å². The first-order valence-electron chi connectivity index (χ1n) is 6.43. The van der Waals surface area contributed by atoms with E-state index in [1.807, 2.05) is 13.8 Å². The fraction of sp³-hybridized carbons (Fsp3) is 0.833. The smallest absolute Gasteiger partial charge is 0.317 e. The van der Waals surface area contributed by atoms with Gasteiger partial charge in [0.15, 0.2) is 0 Å². The highest BCUT2D eigenvalue weighted by atomic mass is 16.4. The topological polar surface area (TPSA) is 89.9 Å². The van der Waals surface area contributed by atoms with E-state index >= 15 is 0 Å².